The number of thiazole rings is 1. The van der Waals surface area contributed by atoms with Gasteiger partial charge in [0.15, 0.2) is 5.82 Å². The highest BCUT2D eigenvalue weighted by molar-refractivity contribution is 7.13. The fourth-order valence-electron chi connectivity index (χ4n) is 7.97. The van der Waals surface area contributed by atoms with Gasteiger partial charge in [-0.1, -0.05) is 70.0 Å². The van der Waals surface area contributed by atoms with Crippen molar-refractivity contribution in [1.29, 1.82) is 0 Å². The summed E-state index contributed by atoms with van der Waals surface area (Å²) in [5, 5.41) is 27.8. The molecule has 4 aromatic rings. The van der Waals surface area contributed by atoms with E-state index in [2.05, 4.69) is 36.0 Å². The molecule has 0 spiro atoms. The number of carbonyl (C=O) groups is 4. The number of anilines is 2. The lowest BCUT2D eigenvalue weighted by Crippen LogP contribution is -2.57. The zero-order chi connectivity index (χ0) is 42.8. The van der Waals surface area contributed by atoms with Crippen LogP contribution in [0.1, 0.15) is 96.2 Å². The van der Waals surface area contributed by atoms with Crippen molar-refractivity contribution in [2.24, 2.45) is 5.41 Å². The number of nitrogens with zero attached hydrogens (tertiary/aromatic N) is 5. The van der Waals surface area contributed by atoms with Crippen molar-refractivity contribution in [3.8, 4) is 27.4 Å². The van der Waals surface area contributed by atoms with E-state index in [0.717, 1.165) is 65.9 Å². The molecule has 15 heteroatoms. The molecule has 0 unspecified atom stereocenters. The Morgan fingerprint density at radius 1 is 0.917 bits per heavy atom. The van der Waals surface area contributed by atoms with E-state index in [1.165, 1.54) is 0 Å². The summed E-state index contributed by atoms with van der Waals surface area (Å²) in [7, 11) is 0. The first-order valence-corrected chi connectivity index (χ1v) is 22.0. The Morgan fingerprint density at radius 2 is 1.62 bits per heavy atom. The predicted octanol–water partition coefficient (Wildman–Crippen LogP) is 6.13. The van der Waals surface area contributed by atoms with E-state index in [1.807, 2.05) is 69.6 Å². The molecular weight excluding hydrogens is 779 g/mol. The van der Waals surface area contributed by atoms with Crippen LogP contribution in [0.5, 0.6) is 5.75 Å². The van der Waals surface area contributed by atoms with Gasteiger partial charge in [-0.05, 0) is 80.2 Å². The lowest BCUT2D eigenvalue weighted by atomic mass is 9.85. The van der Waals surface area contributed by atoms with E-state index in [4.69, 9.17) is 5.73 Å². The summed E-state index contributed by atoms with van der Waals surface area (Å²) in [6.07, 6.45) is 6.50. The molecule has 0 radical (unpaired) electrons. The number of phenolic OH excluding ortho intramolecular Hbond substituents is 1. The Morgan fingerprint density at radius 3 is 2.28 bits per heavy atom. The minimum Gasteiger partial charge on any atom is -0.507 e. The van der Waals surface area contributed by atoms with Crippen LogP contribution in [0.25, 0.3) is 21.7 Å². The standard InChI is InChI=1S/C45H59N9O5S/c1-29-40(60-28-48-29)31-19-17-30(18-20-31)27-47-43(58)35-13-11-23-54(35)44(59)41(45(2,3)4)50-39(57)16-8-6-5-7-15-38(56)49-32-21-24-53(25-22-32)36-26-34(51-52-42(36)46)33-12-9-10-14-37(33)55/h9-10,12,14,17-20,26,28,32,35,41,55H,5-8,11,13,15-16,21-25,27H2,1-4H3,(H2,46,52)(H,47,58)(H,49,56)(H,50,57)/t35-,41+/m0/s1. The third kappa shape index (κ3) is 11.4. The second-order valence-electron chi connectivity index (χ2n) is 17.0. The average molecular weight is 838 g/mol. The molecule has 0 aliphatic carbocycles. The van der Waals surface area contributed by atoms with Crippen molar-refractivity contribution in [2.45, 2.75) is 117 Å². The van der Waals surface area contributed by atoms with Gasteiger partial charge in [0.2, 0.25) is 23.6 Å². The molecule has 4 amide bonds. The molecule has 2 aliphatic heterocycles. The smallest absolute Gasteiger partial charge is 0.246 e. The molecule has 2 aromatic carbocycles. The van der Waals surface area contributed by atoms with Gasteiger partial charge in [0.05, 0.1) is 27.5 Å². The zero-order valence-electron chi connectivity index (χ0n) is 35.2. The Bertz CT molecular complexity index is 2110. The monoisotopic (exact) mass is 837 g/mol. The number of hydrogen-bond acceptors (Lipinski definition) is 11. The van der Waals surface area contributed by atoms with Crippen LogP contribution in [0.4, 0.5) is 11.5 Å². The first kappa shape index (κ1) is 44.0. The van der Waals surface area contributed by atoms with Gasteiger partial charge in [0.1, 0.15) is 17.8 Å². The Hall–Kier alpha value is -5.57. The first-order valence-electron chi connectivity index (χ1n) is 21.1. The summed E-state index contributed by atoms with van der Waals surface area (Å²) in [4.78, 5) is 62.5. The second-order valence-corrected chi connectivity index (χ2v) is 17.9. The Balaban J connectivity index is 0.878. The van der Waals surface area contributed by atoms with Crippen LogP contribution in [0.2, 0.25) is 0 Å². The lowest BCUT2D eigenvalue weighted by Gasteiger charge is -2.35. The minimum atomic E-state index is -0.767. The minimum absolute atomic E-state index is 0.0232. The zero-order valence-corrected chi connectivity index (χ0v) is 36.0. The number of phenols is 1. The van der Waals surface area contributed by atoms with Crippen LogP contribution < -0.4 is 26.6 Å². The van der Waals surface area contributed by atoms with Crippen molar-refractivity contribution in [1.82, 2.24) is 36.0 Å². The molecular formula is C45H59N9O5S. The number of likely N-dealkylation sites (tertiary alicyclic amines) is 1. The number of nitrogens with two attached hydrogens (primary N) is 1. The van der Waals surface area contributed by atoms with Crippen LogP contribution in [0, 0.1) is 12.3 Å². The van der Waals surface area contributed by atoms with Gasteiger partial charge in [-0.15, -0.1) is 21.5 Å². The van der Waals surface area contributed by atoms with Gasteiger partial charge >= 0.3 is 0 Å². The van der Waals surface area contributed by atoms with E-state index in [0.29, 0.717) is 62.5 Å². The topological polar surface area (TPSA) is 196 Å². The Kier molecular flexibility index (Phi) is 14.8. The summed E-state index contributed by atoms with van der Waals surface area (Å²) in [5.41, 5.74) is 12.4. The van der Waals surface area contributed by atoms with Crippen molar-refractivity contribution in [3.05, 3.63) is 71.4 Å². The number of carbonyl (C=O) groups excluding carboxylic acids is 4. The number of para-hydroxylation sites is 1. The van der Waals surface area contributed by atoms with Gasteiger partial charge in [0.25, 0.3) is 0 Å². The molecule has 6 N–H and O–H groups in total. The van der Waals surface area contributed by atoms with Crippen LogP contribution in [0.15, 0.2) is 60.1 Å². The van der Waals surface area contributed by atoms with Gasteiger partial charge in [-0.25, -0.2) is 4.98 Å². The normalized spacial score (nSPS) is 16.4. The predicted molar refractivity (Wildman–Crippen MR) is 235 cm³/mol. The fraction of sp³-hybridized carbons (Fsp3) is 0.489. The lowest BCUT2D eigenvalue weighted by molar-refractivity contribution is -0.143. The number of aromatic nitrogens is 3. The summed E-state index contributed by atoms with van der Waals surface area (Å²) >= 11 is 1.60. The molecule has 320 valence electrons. The van der Waals surface area contributed by atoms with E-state index in [-0.39, 0.29) is 41.8 Å². The van der Waals surface area contributed by atoms with Crippen molar-refractivity contribution < 1.29 is 24.3 Å². The Labute approximate surface area is 356 Å². The second kappa shape index (κ2) is 20.1. The maximum absolute atomic E-state index is 14.0. The molecule has 2 fully saturated rings. The number of amides is 4. The molecule has 2 atom stereocenters. The van der Waals surface area contributed by atoms with E-state index < -0.39 is 17.5 Å². The molecule has 2 aromatic heterocycles. The number of nitrogens with one attached hydrogen (secondary N) is 3. The van der Waals surface area contributed by atoms with Crippen LogP contribution >= 0.6 is 11.3 Å². The summed E-state index contributed by atoms with van der Waals surface area (Å²) in [6.45, 7) is 9.99. The third-order valence-corrected chi connectivity index (χ3v) is 12.4. The first-order chi connectivity index (χ1) is 28.8. The number of benzene rings is 2. The average Bonchev–Trinajstić information content (AvgIpc) is 3.90. The number of piperidine rings is 1. The van der Waals surface area contributed by atoms with Crippen LogP contribution in [0.3, 0.4) is 0 Å². The summed E-state index contributed by atoms with van der Waals surface area (Å²) in [5.74, 6) is -0.136. The summed E-state index contributed by atoms with van der Waals surface area (Å²) in [6, 6.07) is 15.6. The highest BCUT2D eigenvalue weighted by Gasteiger charge is 2.41. The van der Waals surface area contributed by atoms with Crippen LogP contribution in [-0.2, 0) is 25.7 Å². The van der Waals surface area contributed by atoms with Crippen molar-refractivity contribution in [3.63, 3.8) is 0 Å². The molecule has 0 saturated carbocycles. The fourth-order valence-corrected chi connectivity index (χ4v) is 8.78. The van der Waals surface area contributed by atoms with Gasteiger partial charge < -0.3 is 36.6 Å². The highest BCUT2D eigenvalue weighted by atomic mass is 32.1. The quantitative estimate of drug-likeness (QED) is 0.0820. The van der Waals surface area contributed by atoms with Gasteiger partial charge in [-0.3, -0.25) is 19.2 Å². The molecule has 6 rings (SSSR count). The number of hydrogen-bond donors (Lipinski definition) is 5. The molecule has 2 aliphatic rings. The number of unbranched alkanes of at least 4 members (excludes halogenated alkanes) is 3. The van der Waals surface area contributed by atoms with Gasteiger partial charge in [-0.2, -0.15) is 0 Å². The van der Waals surface area contributed by atoms with Crippen molar-refractivity contribution >= 4 is 46.5 Å². The van der Waals surface area contributed by atoms with E-state index in [9.17, 15) is 24.3 Å². The van der Waals surface area contributed by atoms with Gasteiger partial charge in [0, 0.05) is 50.6 Å². The molecule has 60 heavy (non-hydrogen) atoms. The number of nitrogen functional groups attached to an aromatic ring is 1. The third-order valence-electron chi connectivity index (χ3n) is 11.4. The molecule has 4 heterocycles. The number of rotatable bonds is 16. The van der Waals surface area contributed by atoms with Crippen LogP contribution in [-0.4, -0.2) is 86.6 Å². The SMILES string of the molecule is Cc1ncsc1-c1ccc(CNC(=O)[C@@H]2CCCN2C(=O)[C@@H](NC(=O)CCCCCCC(=O)NC2CCN(c3cc(-c4ccccc4O)nnc3N)CC2)C(C)(C)C)cc1. The molecule has 14 nitrogen and oxygen atoms in total. The van der Waals surface area contributed by atoms with E-state index >= 15 is 0 Å². The summed E-state index contributed by atoms with van der Waals surface area (Å²) < 4.78 is 0. The molecule has 0 bridgehead atoms. The number of aromatic hydroxyl groups is 1. The van der Waals surface area contributed by atoms with E-state index in [1.54, 1.807) is 34.4 Å². The maximum atomic E-state index is 14.0. The molecule has 2 saturated heterocycles. The maximum Gasteiger partial charge on any atom is 0.246 e. The van der Waals surface area contributed by atoms with Crippen molar-refractivity contribution in [2.75, 3.05) is 30.3 Å². The largest absolute Gasteiger partial charge is 0.507 e. The highest BCUT2D eigenvalue weighted by Crippen LogP contribution is 2.33. The number of aryl methyl sites for hydroxylation is 1.